The van der Waals surface area contributed by atoms with Gasteiger partial charge in [-0.1, -0.05) is 25.1 Å². The van der Waals surface area contributed by atoms with Gasteiger partial charge in [0.25, 0.3) is 5.91 Å². The van der Waals surface area contributed by atoms with Gasteiger partial charge in [0.1, 0.15) is 5.82 Å². The van der Waals surface area contributed by atoms with E-state index < -0.39 is 5.82 Å². The predicted octanol–water partition coefficient (Wildman–Crippen LogP) is 4.95. The lowest BCUT2D eigenvalue weighted by Crippen LogP contribution is -2.13. The zero-order valence-electron chi connectivity index (χ0n) is 10.8. The molecule has 0 heterocycles. The number of nitrogens with one attached hydrogen (secondary N) is 1. The molecule has 0 aromatic heterocycles. The molecule has 2 nitrogen and oxygen atoms in total. The van der Waals surface area contributed by atoms with Crippen LogP contribution in [0.2, 0.25) is 0 Å². The summed E-state index contributed by atoms with van der Waals surface area (Å²) in [6, 6.07) is 12.0. The normalized spacial score (nSPS) is 10.3. The molecule has 2 rings (SSSR count). The first-order valence-electron chi connectivity index (χ1n) is 6.10. The molecule has 0 fully saturated rings. The van der Waals surface area contributed by atoms with E-state index in [1.807, 2.05) is 31.2 Å². The summed E-state index contributed by atoms with van der Waals surface area (Å²) in [5, 5.41) is 2.82. The molecule has 1 amide bonds. The maximum atomic E-state index is 13.4. The standard InChI is InChI=1S/C15H13BrFNOS/c1-2-20-13-9-4-3-8-12(13)18-15(19)10-6-5-7-11(17)14(10)16/h3-9H,2H2,1H3,(H,18,19). The number of thioether (sulfide) groups is 1. The van der Waals surface area contributed by atoms with Crippen molar-refractivity contribution in [3.8, 4) is 0 Å². The topological polar surface area (TPSA) is 29.1 Å². The fraction of sp³-hybridized carbons (Fsp3) is 0.133. The van der Waals surface area contributed by atoms with E-state index in [4.69, 9.17) is 0 Å². The highest BCUT2D eigenvalue weighted by atomic mass is 79.9. The lowest BCUT2D eigenvalue weighted by Gasteiger charge is -2.11. The van der Waals surface area contributed by atoms with Gasteiger partial charge in [-0.05, 0) is 45.9 Å². The third-order valence-electron chi connectivity index (χ3n) is 2.63. The van der Waals surface area contributed by atoms with Gasteiger partial charge in [0.05, 0.1) is 15.7 Å². The summed E-state index contributed by atoms with van der Waals surface area (Å²) in [5.74, 6) is 0.130. The van der Waals surface area contributed by atoms with Crippen LogP contribution in [0.5, 0.6) is 0 Å². The minimum atomic E-state index is -0.450. The Kier molecular flexibility index (Phi) is 5.20. The van der Waals surface area contributed by atoms with Crippen LogP contribution in [-0.2, 0) is 0 Å². The number of benzene rings is 2. The van der Waals surface area contributed by atoms with E-state index in [9.17, 15) is 9.18 Å². The highest BCUT2D eigenvalue weighted by molar-refractivity contribution is 9.10. The second kappa shape index (κ2) is 6.90. The Morgan fingerprint density at radius 2 is 2.00 bits per heavy atom. The smallest absolute Gasteiger partial charge is 0.256 e. The minimum Gasteiger partial charge on any atom is -0.321 e. The predicted molar refractivity (Wildman–Crippen MR) is 84.9 cm³/mol. The van der Waals surface area contributed by atoms with E-state index in [2.05, 4.69) is 21.2 Å². The van der Waals surface area contributed by atoms with Crippen LogP contribution in [0.4, 0.5) is 10.1 Å². The molecule has 0 radical (unpaired) electrons. The SMILES string of the molecule is CCSc1ccccc1NC(=O)c1cccc(F)c1Br. The molecule has 0 aliphatic rings. The highest BCUT2D eigenvalue weighted by Crippen LogP contribution is 2.28. The average Bonchev–Trinajstić information content (AvgIpc) is 2.44. The number of carbonyl (C=O) groups excluding carboxylic acids is 1. The third-order valence-corrected chi connectivity index (χ3v) is 4.39. The van der Waals surface area contributed by atoms with Crippen molar-refractivity contribution in [2.45, 2.75) is 11.8 Å². The van der Waals surface area contributed by atoms with Gasteiger partial charge >= 0.3 is 0 Å². The van der Waals surface area contributed by atoms with Gasteiger partial charge in [0.2, 0.25) is 0 Å². The van der Waals surface area contributed by atoms with Crippen molar-refractivity contribution in [2.75, 3.05) is 11.1 Å². The second-order valence-electron chi connectivity index (χ2n) is 3.98. The van der Waals surface area contributed by atoms with Crippen LogP contribution in [0.1, 0.15) is 17.3 Å². The summed E-state index contributed by atoms with van der Waals surface area (Å²) in [6.45, 7) is 2.05. The van der Waals surface area contributed by atoms with Crippen LogP contribution in [0.25, 0.3) is 0 Å². The van der Waals surface area contributed by atoms with Gasteiger partial charge < -0.3 is 5.32 Å². The number of carbonyl (C=O) groups is 1. The van der Waals surface area contributed by atoms with Gasteiger partial charge in [-0.15, -0.1) is 11.8 Å². The van der Waals surface area contributed by atoms with Gasteiger partial charge in [-0.2, -0.15) is 0 Å². The van der Waals surface area contributed by atoms with E-state index in [0.717, 1.165) is 16.3 Å². The number of anilines is 1. The van der Waals surface area contributed by atoms with Crippen molar-refractivity contribution in [3.05, 3.63) is 58.3 Å². The Morgan fingerprint density at radius 1 is 1.25 bits per heavy atom. The monoisotopic (exact) mass is 353 g/mol. The summed E-state index contributed by atoms with van der Waals surface area (Å²) < 4.78 is 13.6. The first kappa shape index (κ1) is 15.1. The van der Waals surface area contributed by atoms with Gasteiger partial charge in [-0.25, -0.2) is 4.39 Å². The zero-order chi connectivity index (χ0) is 14.5. The number of para-hydroxylation sites is 1. The summed E-state index contributed by atoms with van der Waals surface area (Å²) in [6.07, 6.45) is 0. The minimum absolute atomic E-state index is 0.179. The molecule has 0 atom stereocenters. The van der Waals surface area contributed by atoms with E-state index in [1.165, 1.54) is 12.1 Å². The highest BCUT2D eigenvalue weighted by Gasteiger charge is 2.14. The fourth-order valence-corrected chi connectivity index (χ4v) is 2.92. The molecule has 0 unspecified atom stereocenters. The lowest BCUT2D eigenvalue weighted by molar-refractivity contribution is 0.102. The van der Waals surface area contributed by atoms with Crippen LogP contribution in [0, 0.1) is 5.82 Å². The average molecular weight is 354 g/mol. The van der Waals surface area contributed by atoms with E-state index in [1.54, 1.807) is 17.8 Å². The Hall–Kier alpha value is -1.33. The molecule has 2 aromatic rings. The molecule has 0 saturated carbocycles. The Labute approximate surface area is 129 Å². The molecule has 0 aliphatic carbocycles. The summed E-state index contributed by atoms with van der Waals surface area (Å²) in [5.41, 5.74) is 1.02. The maximum absolute atomic E-state index is 13.4. The first-order chi connectivity index (χ1) is 9.63. The number of halogens is 2. The number of hydrogen-bond donors (Lipinski definition) is 1. The Bertz CT molecular complexity index is 633. The van der Waals surface area contributed by atoms with Crippen molar-refractivity contribution in [1.82, 2.24) is 0 Å². The molecule has 0 spiro atoms. The summed E-state index contributed by atoms with van der Waals surface area (Å²) in [7, 11) is 0. The molecule has 0 bridgehead atoms. The molecular weight excluding hydrogens is 341 g/mol. The van der Waals surface area contributed by atoms with E-state index in [-0.39, 0.29) is 15.9 Å². The number of rotatable bonds is 4. The molecule has 104 valence electrons. The Morgan fingerprint density at radius 3 is 2.75 bits per heavy atom. The van der Waals surface area contributed by atoms with E-state index >= 15 is 0 Å². The maximum Gasteiger partial charge on any atom is 0.256 e. The molecule has 2 aromatic carbocycles. The van der Waals surface area contributed by atoms with Gasteiger partial charge in [0, 0.05) is 4.90 Å². The van der Waals surface area contributed by atoms with Crippen LogP contribution < -0.4 is 5.32 Å². The number of amides is 1. The Balaban J connectivity index is 2.26. The molecule has 5 heteroatoms. The van der Waals surface area contributed by atoms with Crippen molar-refractivity contribution >= 4 is 39.3 Å². The van der Waals surface area contributed by atoms with Crippen molar-refractivity contribution in [2.24, 2.45) is 0 Å². The van der Waals surface area contributed by atoms with Crippen molar-refractivity contribution < 1.29 is 9.18 Å². The molecule has 0 aliphatic heterocycles. The van der Waals surface area contributed by atoms with Crippen molar-refractivity contribution in [3.63, 3.8) is 0 Å². The van der Waals surface area contributed by atoms with Crippen LogP contribution in [0.3, 0.4) is 0 Å². The molecular formula is C15H13BrFNOS. The lowest BCUT2D eigenvalue weighted by atomic mass is 10.2. The zero-order valence-corrected chi connectivity index (χ0v) is 13.2. The summed E-state index contributed by atoms with van der Waals surface area (Å²) in [4.78, 5) is 13.2. The van der Waals surface area contributed by atoms with Crippen molar-refractivity contribution in [1.29, 1.82) is 0 Å². The van der Waals surface area contributed by atoms with Crippen LogP contribution >= 0.6 is 27.7 Å². The van der Waals surface area contributed by atoms with Crippen LogP contribution in [0.15, 0.2) is 51.8 Å². The summed E-state index contributed by atoms with van der Waals surface area (Å²) >= 11 is 4.75. The van der Waals surface area contributed by atoms with E-state index in [0.29, 0.717) is 0 Å². The number of hydrogen-bond acceptors (Lipinski definition) is 2. The first-order valence-corrected chi connectivity index (χ1v) is 7.88. The fourth-order valence-electron chi connectivity index (χ4n) is 1.72. The van der Waals surface area contributed by atoms with Gasteiger partial charge in [0.15, 0.2) is 0 Å². The van der Waals surface area contributed by atoms with Crippen LogP contribution in [-0.4, -0.2) is 11.7 Å². The third kappa shape index (κ3) is 3.41. The molecule has 0 saturated heterocycles. The molecule has 20 heavy (non-hydrogen) atoms. The largest absolute Gasteiger partial charge is 0.321 e. The second-order valence-corrected chi connectivity index (χ2v) is 6.08. The van der Waals surface area contributed by atoms with Gasteiger partial charge in [-0.3, -0.25) is 4.79 Å². The quantitative estimate of drug-likeness (QED) is 0.787. The molecule has 1 N–H and O–H groups in total.